The van der Waals surface area contributed by atoms with Gasteiger partial charge in [-0.05, 0) is 52.3 Å². The first kappa shape index (κ1) is 19.4. The van der Waals surface area contributed by atoms with Gasteiger partial charge in [-0.1, -0.05) is 42.1 Å². The van der Waals surface area contributed by atoms with Gasteiger partial charge in [0.2, 0.25) is 5.91 Å². The Morgan fingerprint density at radius 3 is 2.55 bits per heavy atom. The average Bonchev–Trinajstić information content (AvgIpc) is 3.19. The van der Waals surface area contributed by atoms with Gasteiger partial charge >= 0.3 is 0 Å². The third-order valence-corrected chi connectivity index (χ3v) is 5.67. The summed E-state index contributed by atoms with van der Waals surface area (Å²) >= 11 is 4.77. The van der Waals surface area contributed by atoms with E-state index in [-0.39, 0.29) is 11.7 Å². The van der Waals surface area contributed by atoms with E-state index in [2.05, 4.69) is 36.4 Å². The number of carbonyl (C=O) groups excluding carboxylic acids is 1. The number of aromatic nitrogens is 4. The molecule has 0 bridgehead atoms. The van der Waals surface area contributed by atoms with Crippen LogP contribution in [0.15, 0.2) is 88.8 Å². The minimum atomic E-state index is -0.118. The maximum Gasteiger partial charge on any atom is 0.234 e. The number of pyridine rings is 1. The summed E-state index contributed by atoms with van der Waals surface area (Å²) in [5.41, 5.74) is 2.51. The molecule has 2 aromatic carbocycles. The Labute approximate surface area is 180 Å². The zero-order valence-electron chi connectivity index (χ0n) is 15.2. The molecule has 1 amide bonds. The molecule has 0 aliphatic carbocycles. The first-order valence-corrected chi connectivity index (χ1v) is 10.6. The predicted molar refractivity (Wildman–Crippen MR) is 118 cm³/mol. The van der Waals surface area contributed by atoms with Crippen LogP contribution in [0.4, 0.5) is 5.69 Å². The fraction of sp³-hybridized carbons (Fsp3) is 0.0476. The van der Waals surface area contributed by atoms with Crippen LogP contribution in [-0.2, 0) is 4.79 Å². The van der Waals surface area contributed by atoms with Gasteiger partial charge < -0.3 is 5.32 Å². The fourth-order valence-electron chi connectivity index (χ4n) is 2.73. The number of carbonyl (C=O) groups is 1. The quantitative estimate of drug-likeness (QED) is 0.413. The number of para-hydroxylation sites is 2. The summed E-state index contributed by atoms with van der Waals surface area (Å²) in [7, 11) is 0. The highest BCUT2D eigenvalue weighted by molar-refractivity contribution is 9.10. The summed E-state index contributed by atoms with van der Waals surface area (Å²) in [6.07, 6.45) is 3.46. The molecular weight excluding hydrogens is 450 g/mol. The second kappa shape index (κ2) is 9.02. The lowest BCUT2D eigenvalue weighted by Crippen LogP contribution is -2.15. The molecule has 0 atom stereocenters. The summed E-state index contributed by atoms with van der Waals surface area (Å²) in [6, 6.07) is 21.1. The molecule has 4 aromatic rings. The monoisotopic (exact) mass is 465 g/mol. The van der Waals surface area contributed by atoms with Gasteiger partial charge in [0.15, 0.2) is 11.0 Å². The summed E-state index contributed by atoms with van der Waals surface area (Å²) in [5.74, 6) is 0.768. The SMILES string of the molecule is O=C(CSc1nnc(-c2cccnc2)n1-c1ccccc1)Nc1ccccc1Br. The minimum absolute atomic E-state index is 0.118. The Kier molecular flexibility index (Phi) is 6.02. The molecule has 1 N–H and O–H groups in total. The van der Waals surface area contributed by atoms with Gasteiger partial charge in [0.1, 0.15) is 0 Å². The van der Waals surface area contributed by atoms with Gasteiger partial charge in [0, 0.05) is 28.1 Å². The van der Waals surface area contributed by atoms with Crippen molar-refractivity contribution in [2.75, 3.05) is 11.1 Å². The molecule has 0 aliphatic rings. The van der Waals surface area contributed by atoms with E-state index in [1.54, 1.807) is 12.4 Å². The number of thioether (sulfide) groups is 1. The molecule has 0 saturated carbocycles. The molecule has 144 valence electrons. The van der Waals surface area contributed by atoms with Crippen molar-refractivity contribution in [3.8, 4) is 17.1 Å². The largest absolute Gasteiger partial charge is 0.324 e. The number of nitrogens with one attached hydrogen (secondary N) is 1. The van der Waals surface area contributed by atoms with Crippen molar-refractivity contribution in [1.29, 1.82) is 0 Å². The highest BCUT2D eigenvalue weighted by Gasteiger charge is 2.17. The first-order valence-electron chi connectivity index (χ1n) is 8.81. The lowest BCUT2D eigenvalue weighted by atomic mass is 10.2. The van der Waals surface area contributed by atoms with Crippen molar-refractivity contribution in [1.82, 2.24) is 19.7 Å². The molecule has 4 rings (SSSR count). The van der Waals surface area contributed by atoms with Gasteiger partial charge in [-0.25, -0.2) is 0 Å². The predicted octanol–water partition coefficient (Wildman–Crippen LogP) is 4.82. The van der Waals surface area contributed by atoms with E-state index in [1.165, 1.54) is 11.8 Å². The molecule has 0 unspecified atom stereocenters. The Morgan fingerprint density at radius 2 is 1.79 bits per heavy atom. The third kappa shape index (κ3) is 4.55. The van der Waals surface area contributed by atoms with Crippen LogP contribution in [0.2, 0.25) is 0 Å². The maximum atomic E-state index is 12.4. The van der Waals surface area contributed by atoms with Crippen LogP contribution in [0.5, 0.6) is 0 Å². The van der Waals surface area contributed by atoms with Crippen molar-refractivity contribution >= 4 is 39.3 Å². The minimum Gasteiger partial charge on any atom is -0.324 e. The topological polar surface area (TPSA) is 72.7 Å². The molecule has 0 spiro atoms. The van der Waals surface area contributed by atoms with Crippen molar-refractivity contribution in [3.05, 3.63) is 83.6 Å². The highest BCUT2D eigenvalue weighted by Crippen LogP contribution is 2.28. The number of halogens is 1. The van der Waals surface area contributed by atoms with Gasteiger partial charge in [-0.2, -0.15) is 0 Å². The molecule has 6 nitrogen and oxygen atoms in total. The fourth-order valence-corrected chi connectivity index (χ4v) is 3.87. The average molecular weight is 466 g/mol. The third-order valence-electron chi connectivity index (χ3n) is 4.05. The van der Waals surface area contributed by atoms with Gasteiger partial charge in [-0.3, -0.25) is 14.3 Å². The van der Waals surface area contributed by atoms with Crippen LogP contribution in [0.1, 0.15) is 0 Å². The molecule has 2 heterocycles. The van der Waals surface area contributed by atoms with Crippen LogP contribution in [-0.4, -0.2) is 31.4 Å². The normalized spacial score (nSPS) is 10.7. The molecule has 0 radical (unpaired) electrons. The summed E-state index contributed by atoms with van der Waals surface area (Å²) in [5, 5.41) is 12.2. The van der Waals surface area contributed by atoms with Crippen LogP contribution < -0.4 is 5.32 Å². The van der Waals surface area contributed by atoms with E-state index in [1.807, 2.05) is 71.3 Å². The number of amides is 1. The van der Waals surface area contributed by atoms with Gasteiger partial charge in [-0.15, -0.1) is 10.2 Å². The van der Waals surface area contributed by atoms with Crippen LogP contribution in [0, 0.1) is 0 Å². The number of benzene rings is 2. The van der Waals surface area contributed by atoms with E-state index < -0.39 is 0 Å². The van der Waals surface area contributed by atoms with Crippen LogP contribution in [0.3, 0.4) is 0 Å². The number of rotatable bonds is 6. The smallest absolute Gasteiger partial charge is 0.234 e. The number of nitrogens with zero attached hydrogens (tertiary/aromatic N) is 4. The lowest BCUT2D eigenvalue weighted by Gasteiger charge is -2.10. The molecule has 0 saturated heterocycles. The Morgan fingerprint density at radius 1 is 1.00 bits per heavy atom. The molecule has 0 fully saturated rings. The van der Waals surface area contributed by atoms with E-state index in [9.17, 15) is 4.79 Å². The summed E-state index contributed by atoms with van der Waals surface area (Å²) in [6.45, 7) is 0. The van der Waals surface area contributed by atoms with E-state index in [0.29, 0.717) is 11.0 Å². The van der Waals surface area contributed by atoms with Crippen molar-refractivity contribution in [2.45, 2.75) is 5.16 Å². The second-order valence-corrected chi connectivity index (χ2v) is 7.83. The molecule has 0 aliphatic heterocycles. The molecule has 8 heteroatoms. The molecule has 29 heavy (non-hydrogen) atoms. The number of hydrogen-bond donors (Lipinski definition) is 1. The molecule has 2 aromatic heterocycles. The summed E-state index contributed by atoms with van der Waals surface area (Å²) in [4.78, 5) is 16.6. The van der Waals surface area contributed by atoms with Crippen molar-refractivity contribution in [3.63, 3.8) is 0 Å². The Hall–Kier alpha value is -2.97. The van der Waals surface area contributed by atoms with Gasteiger partial charge in [0.25, 0.3) is 0 Å². The lowest BCUT2D eigenvalue weighted by molar-refractivity contribution is -0.113. The number of hydrogen-bond acceptors (Lipinski definition) is 5. The number of anilines is 1. The Bertz CT molecular complexity index is 1120. The van der Waals surface area contributed by atoms with Crippen molar-refractivity contribution in [2.24, 2.45) is 0 Å². The summed E-state index contributed by atoms with van der Waals surface area (Å²) < 4.78 is 2.78. The molecular formula is C21H16BrN5OS. The highest BCUT2D eigenvalue weighted by atomic mass is 79.9. The van der Waals surface area contributed by atoms with E-state index in [4.69, 9.17) is 0 Å². The zero-order valence-corrected chi connectivity index (χ0v) is 17.6. The second-order valence-electron chi connectivity index (χ2n) is 6.04. The van der Waals surface area contributed by atoms with Gasteiger partial charge in [0.05, 0.1) is 11.4 Å². The zero-order chi connectivity index (χ0) is 20.1. The Balaban J connectivity index is 1.58. The van der Waals surface area contributed by atoms with Crippen LogP contribution in [0.25, 0.3) is 17.1 Å². The standard InChI is InChI=1S/C21H16BrN5OS/c22-17-10-4-5-11-18(17)24-19(28)14-29-21-26-25-20(15-7-6-12-23-13-15)27(21)16-8-2-1-3-9-16/h1-13H,14H2,(H,24,28). The van der Waals surface area contributed by atoms with E-state index >= 15 is 0 Å². The van der Waals surface area contributed by atoms with E-state index in [0.717, 1.165) is 21.4 Å². The maximum absolute atomic E-state index is 12.4. The van der Waals surface area contributed by atoms with Crippen LogP contribution >= 0.6 is 27.7 Å². The first-order chi connectivity index (χ1) is 14.2. The van der Waals surface area contributed by atoms with Crippen molar-refractivity contribution < 1.29 is 4.79 Å².